The van der Waals surface area contributed by atoms with E-state index in [1.54, 1.807) is 18.3 Å². The van der Waals surface area contributed by atoms with Gasteiger partial charge >= 0.3 is 5.97 Å². The molecule has 4 atom stereocenters. The number of aliphatic hydroxyl groups excluding tert-OH is 1. The molecule has 0 saturated carbocycles. The summed E-state index contributed by atoms with van der Waals surface area (Å²) in [5, 5.41) is 19.5. The molecule has 3 rings (SSSR count). The van der Waals surface area contributed by atoms with Crippen molar-refractivity contribution >= 4 is 23.6 Å². The van der Waals surface area contributed by atoms with Crippen molar-refractivity contribution in [3.05, 3.63) is 30.1 Å². The summed E-state index contributed by atoms with van der Waals surface area (Å²) in [6.45, 7) is 3.63. The monoisotopic (exact) mass is 308 g/mol. The predicted molar refractivity (Wildman–Crippen MR) is 76.4 cm³/mol. The predicted octanol–water partition coefficient (Wildman–Crippen LogP) is 0.878. The van der Waals surface area contributed by atoms with Gasteiger partial charge in [0.25, 0.3) is 0 Å². The van der Waals surface area contributed by atoms with Gasteiger partial charge in [-0.05, 0) is 25.5 Å². The van der Waals surface area contributed by atoms with Gasteiger partial charge in [-0.25, -0.2) is 4.79 Å². The zero-order chi connectivity index (χ0) is 15.4. The maximum atomic E-state index is 12.3. The van der Waals surface area contributed by atoms with Gasteiger partial charge in [-0.15, -0.1) is 11.8 Å². The third kappa shape index (κ3) is 2.03. The standard InChI is InChI=1S/C14H16N2O4S/c1-14(2)10(13(19)20)16-11(18)8(12(16)21-14)9(17)7-4-3-5-15-6-7/h3-6,8-10,12,17H,1-2H3,(H,19,20)/t8-,9+,10-,12+/m0/s1. The number of pyridine rings is 1. The van der Waals surface area contributed by atoms with E-state index in [-0.39, 0.29) is 11.3 Å². The number of hydrogen-bond acceptors (Lipinski definition) is 5. The fourth-order valence-electron chi connectivity index (χ4n) is 3.09. The average Bonchev–Trinajstić information content (AvgIpc) is 2.68. The van der Waals surface area contributed by atoms with Gasteiger partial charge in [-0.1, -0.05) is 6.07 Å². The minimum absolute atomic E-state index is 0.302. The molecule has 7 heteroatoms. The van der Waals surface area contributed by atoms with Crippen molar-refractivity contribution in [2.24, 2.45) is 5.92 Å². The third-order valence-electron chi connectivity index (χ3n) is 4.08. The van der Waals surface area contributed by atoms with Crippen LogP contribution in [0.4, 0.5) is 0 Å². The number of carbonyl (C=O) groups is 2. The quantitative estimate of drug-likeness (QED) is 0.806. The number of carboxylic acid groups (broad SMARTS) is 1. The molecule has 1 aromatic rings. The molecule has 21 heavy (non-hydrogen) atoms. The van der Waals surface area contributed by atoms with Crippen molar-refractivity contribution in [1.82, 2.24) is 9.88 Å². The zero-order valence-electron chi connectivity index (χ0n) is 11.6. The number of carbonyl (C=O) groups excluding carboxylic acids is 1. The van der Waals surface area contributed by atoms with Gasteiger partial charge in [0, 0.05) is 17.1 Å². The lowest BCUT2D eigenvalue weighted by Crippen LogP contribution is -2.63. The number of rotatable bonds is 3. The minimum Gasteiger partial charge on any atom is -0.480 e. The summed E-state index contributed by atoms with van der Waals surface area (Å²) in [5.74, 6) is -1.91. The second kappa shape index (κ2) is 4.71. The first-order valence-corrected chi connectivity index (χ1v) is 7.53. The summed E-state index contributed by atoms with van der Waals surface area (Å²) in [5.41, 5.74) is 0.577. The van der Waals surface area contributed by atoms with Crippen LogP contribution in [0.15, 0.2) is 24.5 Å². The van der Waals surface area contributed by atoms with Crippen LogP contribution in [0.3, 0.4) is 0 Å². The summed E-state index contributed by atoms with van der Waals surface area (Å²) in [4.78, 5) is 29.1. The summed E-state index contributed by atoms with van der Waals surface area (Å²) in [6, 6.07) is 2.57. The van der Waals surface area contributed by atoms with Gasteiger partial charge < -0.3 is 15.1 Å². The molecule has 0 unspecified atom stereocenters. The van der Waals surface area contributed by atoms with E-state index in [0.29, 0.717) is 5.56 Å². The first kappa shape index (κ1) is 14.3. The normalized spacial score (nSPS) is 31.5. The second-order valence-corrected chi connectivity index (χ2v) is 7.63. The topological polar surface area (TPSA) is 90.7 Å². The van der Waals surface area contributed by atoms with E-state index in [9.17, 15) is 19.8 Å². The van der Waals surface area contributed by atoms with E-state index < -0.39 is 28.8 Å². The number of thioether (sulfide) groups is 1. The molecule has 0 radical (unpaired) electrons. The lowest BCUT2D eigenvalue weighted by Gasteiger charge is -2.45. The Labute approximate surface area is 126 Å². The van der Waals surface area contributed by atoms with Crippen LogP contribution in [0.1, 0.15) is 25.5 Å². The number of β-lactam (4-membered cyclic amide) rings is 1. The van der Waals surface area contributed by atoms with E-state index in [1.165, 1.54) is 22.9 Å². The Morgan fingerprint density at radius 3 is 2.81 bits per heavy atom. The van der Waals surface area contributed by atoms with Crippen LogP contribution < -0.4 is 0 Å². The van der Waals surface area contributed by atoms with E-state index in [4.69, 9.17) is 0 Å². The molecule has 2 aliphatic rings. The number of fused-ring (bicyclic) bond motifs is 1. The maximum Gasteiger partial charge on any atom is 0.327 e. The van der Waals surface area contributed by atoms with Crippen molar-refractivity contribution in [3.8, 4) is 0 Å². The summed E-state index contributed by atoms with van der Waals surface area (Å²) >= 11 is 1.43. The number of aliphatic hydroxyl groups is 1. The highest BCUT2D eigenvalue weighted by Crippen LogP contribution is 2.55. The van der Waals surface area contributed by atoms with Crippen molar-refractivity contribution in [1.29, 1.82) is 0 Å². The van der Waals surface area contributed by atoms with E-state index in [2.05, 4.69) is 4.98 Å². The fraction of sp³-hybridized carbons (Fsp3) is 0.500. The van der Waals surface area contributed by atoms with E-state index >= 15 is 0 Å². The number of nitrogens with zero attached hydrogens (tertiary/aromatic N) is 2. The number of hydrogen-bond donors (Lipinski definition) is 2. The lowest BCUT2D eigenvalue weighted by molar-refractivity contribution is -0.169. The van der Waals surface area contributed by atoms with E-state index in [0.717, 1.165) is 0 Å². The Morgan fingerprint density at radius 1 is 1.52 bits per heavy atom. The molecule has 0 spiro atoms. The van der Waals surface area contributed by atoms with Gasteiger partial charge in [-0.3, -0.25) is 9.78 Å². The van der Waals surface area contributed by atoms with Crippen LogP contribution >= 0.6 is 11.8 Å². The summed E-state index contributed by atoms with van der Waals surface area (Å²) in [7, 11) is 0. The highest BCUT2D eigenvalue weighted by Gasteiger charge is 2.65. The van der Waals surface area contributed by atoms with Crippen molar-refractivity contribution < 1.29 is 19.8 Å². The molecular weight excluding hydrogens is 292 g/mol. The minimum atomic E-state index is -1.00. The smallest absolute Gasteiger partial charge is 0.327 e. The van der Waals surface area contributed by atoms with Gasteiger partial charge in [0.2, 0.25) is 5.91 Å². The molecule has 112 valence electrons. The molecule has 2 fully saturated rings. The van der Waals surface area contributed by atoms with Gasteiger partial charge in [0.1, 0.15) is 6.04 Å². The van der Waals surface area contributed by atoms with Crippen LogP contribution in [-0.2, 0) is 9.59 Å². The van der Waals surface area contributed by atoms with Crippen LogP contribution in [0.2, 0.25) is 0 Å². The molecule has 2 N–H and O–H groups in total. The van der Waals surface area contributed by atoms with Gasteiger partial charge in [0.05, 0.1) is 17.4 Å². The first-order chi connectivity index (χ1) is 9.84. The Hall–Kier alpha value is -1.60. The molecule has 0 aliphatic carbocycles. The van der Waals surface area contributed by atoms with Crippen LogP contribution in [0, 0.1) is 5.92 Å². The Balaban J connectivity index is 1.87. The molecule has 3 heterocycles. The third-order valence-corrected chi connectivity index (χ3v) is 5.67. The highest BCUT2D eigenvalue weighted by molar-refractivity contribution is 8.01. The largest absolute Gasteiger partial charge is 0.480 e. The Bertz CT molecular complexity index is 592. The molecular formula is C14H16N2O4S. The molecule has 6 nitrogen and oxygen atoms in total. The molecule has 2 aliphatic heterocycles. The number of amides is 1. The molecule has 2 saturated heterocycles. The van der Waals surface area contributed by atoms with Crippen LogP contribution in [0.25, 0.3) is 0 Å². The summed E-state index contributed by atoms with van der Waals surface area (Å²) < 4.78 is -0.574. The zero-order valence-corrected chi connectivity index (χ0v) is 12.4. The Morgan fingerprint density at radius 2 is 2.24 bits per heavy atom. The lowest BCUT2D eigenvalue weighted by atomic mass is 9.85. The first-order valence-electron chi connectivity index (χ1n) is 6.65. The fourth-order valence-corrected chi connectivity index (χ4v) is 4.81. The highest BCUT2D eigenvalue weighted by atomic mass is 32.2. The van der Waals surface area contributed by atoms with Gasteiger partial charge in [-0.2, -0.15) is 0 Å². The number of carboxylic acids is 1. The SMILES string of the molecule is CC1(C)S[C@@H]2[C@@H]([C@H](O)c3cccnc3)C(=O)N2[C@H]1C(=O)O. The van der Waals surface area contributed by atoms with Crippen LogP contribution in [-0.4, -0.2) is 48.1 Å². The van der Waals surface area contributed by atoms with Gasteiger partial charge in [0.15, 0.2) is 0 Å². The second-order valence-electron chi connectivity index (χ2n) is 5.86. The number of aliphatic carboxylic acids is 1. The molecule has 0 bridgehead atoms. The average molecular weight is 308 g/mol. The maximum absolute atomic E-state index is 12.3. The molecule has 1 aromatic heterocycles. The van der Waals surface area contributed by atoms with E-state index in [1.807, 2.05) is 13.8 Å². The van der Waals surface area contributed by atoms with Crippen molar-refractivity contribution in [3.63, 3.8) is 0 Å². The summed E-state index contributed by atoms with van der Waals surface area (Å²) in [6.07, 6.45) is 2.17. The molecule has 1 amide bonds. The van der Waals surface area contributed by atoms with Crippen molar-refractivity contribution in [2.45, 2.75) is 36.1 Å². The van der Waals surface area contributed by atoms with Crippen molar-refractivity contribution in [2.75, 3.05) is 0 Å². The number of aromatic nitrogens is 1. The van der Waals surface area contributed by atoms with Crippen LogP contribution in [0.5, 0.6) is 0 Å². The molecule has 0 aromatic carbocycles. The Kier molecular flexibility index (Phi) is 3.22.